The van der Waals surface area contributed by atoms with Crippen molar-refractivity contribution in [2.45, 2.75) is 40.0 Å². The molecule has 1 heteroatoms. The molecular formula is C14H22O. The van der Waals surface area contributed by atoms with Crippen molar-refractivity contribution in [3.05, 3.63) is 24.3 Å². The van der Waals surface area contributed by atoms with E-state index in [0.29, 0.717) is 18.3 Å². The predicted octanol–water partition coefficient (Wildman–Crippen LogP) is 3.76. The van der Waals surface area contributed by atoms with Crippen LogP contribution in [0.25, 0.3) is 0 Å². The Bertz CT molecular complexity index is 273. The summed E-state index contributed by atoms with van der Waals surface area (Å²) in [5.74, 6) is 1.04. The van der Waals surface area contributed by atoms with Crippen LogP contribution in [0.4, 0.5) is 0 Å². The molecule has 0 saturated heterocycles. The van der Waals surface area contributed by atoms with Gasteiger partial charge in [0.15, 0.2) is 0 Å². The lowest BCUT2D eigenvalue weighted by molar-refractivity contribution is -0.109. The summed E-state index contributed by atoms with van der Waals surface area (Å²) in [5.41, 5.74) is 1.60. The highest BCUT2D eigenvalue weighted by Crippen LogP contribution is 2.47. The number of hydrogen-bond donors (Lipinski definition) is 0. The third-order valence-corrected chi connectivity index (χ3v) is 4.01. The zero-order valence-corrected chi connectivity index (χ0v) is 10.1. The molecule has 1 aliphatic rings. The molecule has 0 aromatic carbocycles. The van der Waals surface area contributed by atoms with Crippen molar-refractivity contribution < 1.29 is 4.79 Å². The van der Waals surface area contributed by atoms with E-state index in [1.165, 1.54) is 5.57 Å². The minimum atomic E-state index is 0.216. The van der Waals surface area contributed by atoms with Gasteiger partial charge in [0.05, 0.1) is 0 Å². The summed E-state index contributed by atoms with van der Waals surface area (Å²) in [7, 11) is 0. The van der Waals surface area contributed by atoms with Gasteiger partial charge in [-0.2, -0.15) is 0 Å². The molecule has 84 valence electrons. The molecule has 15 heavy (non-hydrogen) atoms. The van der Waals surface area contributed by atoms with Gasteiger partial charge < -0.3 is 4.79 Å². The molecule has 0 spiro atoms. The van der Waals surface area contributed by atoms with Gasteiger partial charge >= 0.3 is 0 Å². The summed E-state index contributed by atoms with van der Waals surface area (Å²) in [4.78, 5) is 10.7. The highest BCUT2D eigenvalue weighted by molar-refractivity contribution is 5.51. The molecule has 0 aromatic heterocycles. The fraction of sp³-hybridized carbons (Fsp3) is 0.643. The minimum Gasteiger partial charge on any atom is -0.303 e. The SMILES string of the molecule is C=CC[C@@H]1CC=C(C)[C@H](CC=O)C1(C)C. The number of aldehydes is 1. The van der Waals surface area contributed by atoms with Crippen LogP contribution in [-0.2, 0) is 4.79 Å². The van der Waals surface area contributed by atoms with E-state index in [-0.39, 0.29) is 5.41 Å². The van der Waals surface area contributed by atoms with Crippen molar-refractivity contribution in [2.75, 3.05) is 0 Å². The lowest BCUT2D eigenvalue weighted by Gasteiger charge is -2.44. The van der Waals surface area contributed by atoms with Gasteiger partial charge in [-0.05, 0) is 37.0 Å². The van der Waals surface area contributed by atoms with E-state index in [4.69, 9.17) is 0 Å². The summed E-state index contributed by atoms with van der Waals surface area (Å²) in [6.45, 7) is 10.5. The normalized spacial score (nSPS) is 29.4. The molecule has 0 unspecified atom stereocenters. The summed E-state index contributed by atoms with van der Waals surface area (Å²) in [6.07, 6.45) is 8.18. The van der Waals surface area contributed by atoms with Gasteiger partial charge in [-0.15, -0.1) is 6.58 Å². The van der Waals surface area contributed by atoms with Crippen molar-refractivity contribution in [1.82, 2.24) is 0 Å². The maximum absolute atomic E-state index is 10.7. The number of carbonyl (C=O) groups is 1. The Morgan fingerprint density at radius 1 is 1.53 bits per heavy atom. The average molecular weight is 206 g/mol. The van der Waals surface area contributed by atoms with Crippen molar-refractivity contribution in [2.24, 2.45) is 17.3 Å². The Balaban J connectivity index is 2.92. The molecule has 1 nitrogen and oxygen atoms in total. The number of carbonyl (C=O) groups excluding carboxylic acids is 1. The Labute approximate surface area is 93.3 Å². The van der Waals surface area contributed by atoms with Gasteiger partial charge in [-0.25, -0.2) is 0 Å². The van der Waals surface area contributed by atoms with Crippen LogP contribution in [0.1, 0.15) is 40.0 Å². The van der Waals surface area contributed by atoms with E-state index in [9.17, 15) is 4.79 Å². The van der Waals surface area contributed by atoms with Crippen LogP contribution in [0, 0.1) is 17.3 Å². The standard InChI is InChI=1S/C14H22O/c1-5-6-12-8-7-11(2)13(9-10-15)14(12,3)4/h5,7,10,12-13H,1,6,8-9H2,2-4H3/t12-,13+/m1/s1. The number of allylic oxidation sites excluding steroid dienone is 3. The van der Waals surface area contributed by atoms with E-state index < -0.39 is 0 Å². The second-order valence-corrected chi connectivity index (χ2v) is 5.18. The number of hydrogen-bond acceptors (Lipinski definition) is 1. The highest BCUT2D eigenvalue weighted by atomic mass is 16.1. The van der Waals surface area contributed by atoms with Crippen LogP contribution in [0.3, 0.4) is 0 Å². The van der Waals surface area contributed by atoms with Gasteiger partial charge in [0.1, 0.15) is 6.29 Å². The van der Waals surface area contributed by atoms with E-state index in [2.05, 4.69) is 33.4 Å². The maximum atomic E-state index is 10.7. The van der Waals surface area contributed by atoms with Gasteiger partial charge in [-0.1, -0.05) is 31.6 Å². The second-order valence-electron chi connectivity index (χ2n) is 5.18. The topological polar surface area (TPSA) is 17.1 Å². The minimum absolute atomic E-state index is 0.216. The lowest BCUT2D eigenvalue weighted by Crippen LogP contribution is -2.36. The van der Waals surface area contributed by atoms with Crippen molar-refractivity contribution in [1.29, 1.82) is 0 Å². The van der Waals surface area contributed by atoms with Gasteiger partial charge in [-0.3, -0.25) is 0 Å². The molecule has 2 atom stereocenters. The summed E-state index contributed by atoms with van der Waals surface area (Å²) < 4.78 is 0. The predicted molar refractivity (Wildman–Crippen MR) is 64.6 cm³/mol. The summed E-state index contributed by atoms with van der Waals surface area (Å²) in [6, 6.07) is 0. The highest BCUT2D eigenvalue weighted by Gasteiger charge is 2.39. The first kappa shape index (κ1) is 12.2. The molecule has 0 fully saturated rings. The molecule has 0 radical (unpaired) electrons. The third-order valence-electron chi connectivity index (χ3n) is 4.01. The first-order valence-electron chi connectivity index (χ1n) is 5.75. The Morgan fingerprint density at radius 3 is 2.73 bits per heavy atom. The van der Waals surface area contributed by atoms with E-state index in [1.54, 1.807) is 0 Å². The van der Waals surface area contributed by atoms with E-state index >= 15 is 0 Å². The second kappa shape index (κ2) is 4.78. The van der Waals surface area contributed by atoms with Crippen molar-refractivity contribution >= 4 is 6.29 Å². The molecule has 0 bridgehead atoms. The Morgan fingerprint density at radius 2 is 2.20 bits per heavy atom. The zero-order valence-electron chi connectivity index (χ0n) is 10.1. The van der Waals surface area contributed by atoms with Crippen molar-refractivity contribution in [3.63, 3.8) is 0 Å². The molecule has 1 rings (SSSR count). The molecule has 0 N–H and O–H groups in total. The molecule has 0 aromatic rings. The molecule has 0 amide bonds. The van der Waals surface area contributed by atoms with Crippen LogP contribution < -0.4 is 0 Å². The largest absolute Gasteiger partial charge is 0.303 e. The van der Waals surface area contributed by atoms with Crippen LogP contribution in [0.15, 0.2) is 24.3 Å². The van der Waals surface area contributed by atoms with Crippen LogP contribution in [-0.4, -0.2) is 6.29 Å². The van der Waals surface area contributed by atoms with Crippen LogP contribution >= 0.6 is 0 Å². The first-order chi connectivity index (χ1) is 7.04. The molecule has 0 saturated carbocycles. The monoisotopic (exact) mass is 206 g/mol. The van der Waals surface area contributed by atoms with Gasteiger partial charge in [0.25, 0.3) is 0 Å². The fourth-order valence-electron chi connectivity index (χ4n) is 2.83. The van der Waals surface area contributed by atoms with E-state index in [0.717, 1.165) is 19.1 Å². The average Bonchev–Trinajstić information content (AvgIpc) is 2.17. The summed E-state index contributed by atoms with van der Waals surface area (Å²) in [5, 5.41) is 0. The third kappa shape index (κ3) is 2.39. The zero-order chi connectivity index (χ0) is 11.5. The molecule has 0 heterocycles. The smallest absolute Gasteiger partial charge is 0.120 e. The fourth-order valence-corrected chi connectivity index (χ4v) is 2.83. The lowest BCUT2D eigenvalue weighted by atomic mass is 9.61. The Hall–Kier alpha value is -0.850. The number of rotatable bonds is 4. The van der Waals surface area contributed by atoms with Crippen LogP contribution in [0.5, 0.6) is 0 Å². The first-order valence-corrected chi connectivity index (χ1v) is 5.75. The Kier molecular flexibility index (Phi) is 3.90. The maximum Gasteiger partial charge on any atom is 0.120 e. The van der Waals surface area contributed by atoms with Crippen LogP contribution in [0.2, 0.25) is 0 Å². The quantitative estimate of drug-likeness (QED) is 0.505. The summed E-state index contributed by atoms with van der Waals surface area (Å²) >= 11 is 0. The molecule has 1 aliphatic carbocycles. The molecule has 0 aliphatic heterocycles. The van der Waals surface area contributed by atoms with Crippen molar-refractivity contribution in [3.8, 4) is 0 Å². The van der Waals surface area contributed by atoms with E-state index in [1.807, 2.05) is 6.08 Å². The molecular weight excluding hydrogens is 184 g/mol. The van der Waals surface area contributed by atoms with Gasteiger partial charge in [0, 0.05) is 6.42 Å². The van der Waals surface area contributed by atoms with Gasteiger partial charge in [0.2, 0.25) is 0 Å².